The Morgan fingerprint density at radius 2 is 2.04 bits per heavy atom. The maximum Gasteiger partial charge on any atom is 0.305 e. The summed E-state index contributed by atoms with van der Waals surface area (Å²) in [5, 5.41) is 13.1. The maximum atomic E-state index is 12.7. The number of carbonyl (C=O) groups is 2. The van der Waals surface area contributed by atoms with Crippen molar-refractivity contribution in [3.63, 3.8) is 0 Å². The molecule has 1 aromatic carbocycles. The van der Waals surface area contributed by atoms with Crippen LogP contribution in [0, 0.1) is 0 Å². The fraction of sp³-hybridized carbons (Fsp3) is 0.389. The normalized spacial score (nSPS) is 16.1. The topological polar surface area (TPSA) is 102 Å². The van der Waals surface area contributed by atoms with Gasteiger partial charge in [0.15, 0.2) is 11.5 Å². The molecule has 0 radical (unpaired) electrons. The van der Waals surface area contributed by atoms with Gasteiger partial charge in [0.05, 0.1) is 38.8 Å². The SMILES string of the molecule is COc1cc2c(cc1OC)C(CC(=O)O)N(C(=O)Cc1ccon1)CC2. The van der Waals surface area contributed by atoms with Crippen molar-refractivity contribution in [2.24, 2.45) is 0 Å². The van der Waals surface area contributed by atoms with Gasteiger partial charge < -0.3 is 24.0 Å². The summed E-state index contributed by atoms with van der Waals surface area (Å²) in [6.07, 6.45) is 1.89. The molecule has 0 saturated carbocycles. The minimum atomic E-state index is -0.975. The quantitative estimate of drug-likeness (QED) is 0.838. The highest BCUT2D eigenvalue weighted by atomic mass is 16.5. The number of ether oxygens (including phenoxy) is 2. The first-order chi connectivity index (χ1) is 12.5. The maximum absolute atomic E-state index is 12.7. The fourth-order valence-corrected chi connectivity index (χ4v) is 3.30. The van der Waals surface area contributed by atoms with Crippen molar-refractivity contribution in [1.29, 1.82) is 0 Å². The van der Waals surface area contributed by atoms with Crippen LogP contribution in [0.25, 0.3) is 0 Å². The van der Waals surface area contributed by atoms with Crippen LogP contribution in [0.3, 0.4) is 0 Å². The fourth-order valence-electron chi connectivity index (χ4n) is 3.30. The molecule has 1 amide bonds. The molecule has 1 aliphatic heterocycles. The molecule has 1 aliphatic rings. The van der Waals surface area contributed by atoms with Crippen LogP contribution in [0.15, 0.2) is 29.0 Å². The lowest BCUT2D eigenvalue weighted by Crippen LogP contribution is -2.41. The molecule has 0 aliphatic carbocycles. The Labute approximate surface area is 150 Å². The Balaban J connectivity index is 1.95. The van der Waals surface area contributed by atoms with Crippen molar-refractivity contribution in [2.45, 2.75) is 25.3 Å². The van der Waals surface area contributed by atoms with Gasteiger partial charge in [-0.15, -0.1) is 0 Å². The second-order valence-electron chi connectivity index (χ2n) is 6.02. The molecule has 3 rings (SSSR count). The Morgan fingerprint density at radius 3 is 2.65 bits per heavy atom. The minimum absolute atomic E-state index is 0.0647. The van der Waals surface area contributed by atoms with E-state index in [1.165, 1.54) is 13.4 Å². The van der Waals surface area contributed by atoms with Crippen molar-refractivity contribution in [3.05, 3.63) is 41.3 Å². The average Bonchev–Trinajstić information content (AvgIpc) is 3.13. The van der Waals surface area contributed by atoms with E-state index in [0.717, 1.165) is 11.1 Å². The highest BCUT2D eigenvalue weighted by molar-refractivity contribution is 5.80. The van der Waals surface area contributed by atoms with Gasteiger partial charge in [-0.25, -0.2) is 0 Å². The molecule has 1 atom stereocenters. The van der Waals surface area contributed by atoms with Gasteiger partial charge in [0.2, 0.25) is 5.91 Å². The van der Waals surface area contributed by atoms with E-state index in [1.807, 2.05) is 6.07 Å². The van der Waals surface area contributed by atoms with E-state index in [1.54, 1.807) is 24.1 Å². The van der Waals surface area contributed by atoms with Crippen LogP contribution in [0.2, 0.25) is 0 Å². The number of benzene rings is 1. The van der Waals surface area contributed by atoms with Gasteiger partial charge in [0.1, 0.15) is 6.26 Å². The number of aromatic nitrogens is 1. The number of nitrogens with zero attached hydrogens (tertiary/aromatic N) is 2. The smallest absolute Gasteiger partial charge is 0.305 e. The number of hydrogen-bond donors (Lipinski definition) is 1. The summed E-state index contributed by atoms with van der Waals surface area (Å²) in [5.41, 5.74) is 2.24. The Hall–Kier alpha value is -3.03. The molecule has 1 N–H and O–H groups in total. The van der Waals surface area contributed by atoms with E-state index in [4.69, 9.17) is 14.0 Å². The van der Waals surface area contributed by atoms with Crippen LogP contribution < -0.4 is 9.47 Å². The highest BCUT2D eigenvalue weighted by Crippen LogP contribution is 2.39. The van der Waals surface area contributed by atoms with Crippen molar-refractivity contribution < 1.29 is 28.7 Å². The van der Waals surface area contributed by atoms with E-state index in [9.17, 15) is 14.7 Å². The number of hydrogen-bond acceptors (Lipinski definition) is 6. The molecule has 1 aromatic heterocycles. The van der Waals surface area contributed by atoms with E-state index < -0.39 is 12.0 Å². The van der Waals surface area contributed by atoms with E-state index in [0.29, 0.717) is 30.2 Å². The van der Waals surface area contributed by atoms with Crippen LogP contribution in [0.5, 0.6) is 11.5 Å². The first-order valence-electron chi connectivity index (χ1n) is 8.18. The first kappa shape index (κ1) is 17.8. The second-order valence-corrected chi connectivity index (χ2v) is 6.02. The van der Waals surface area contributed by atoms with Gasteiger partial charge in [-0.05, 0) is 29.7 Å². The van der Waals surface area contributed by atoms with Gasteiger partial charge in [-0.1, -0.05) is 5.16 Å². The monoisotopic (exact) mass is 360 g/mol. The molecule has 8 nitrogen and oxygen atoms in total. The minimum Gasteiger partial charge on any atom is -0.493 e. The molecule has 26 heavy (non-hydrogen) atoms. The van der Waals surface area contributed by atoms with Crippen LogP contribution in [-0.4, -0.2) is 47.8 Å². The molecule has 0 fully saturated rings. The number of aliphatic carboxylic acids is 1. The Morgan fingerprint density at radius 1 is 1.31 bits per heavy atom. The van der Waals surface area contributed by atoms with Crippen LogP contribution in [0.4, 0.5) is 0 Å². The number of methoxy groups -OCH3 is 2. The third kappa shape index (κ3) is 3.49. The molecule has 2 heterocycles. The van der Waals surface area contributed by atoms with Crippen LogP contribution in [-0.2, 0) is 22.4 Å². The number of fused-ring (bicyclic) bond motifs is 1. The lowest BCUT2D eigenvalue weighted by molar-refractivity contribution is -0.141. The number of carboxylic acids is 1. The summed E-state index contributed by atoms with van der Waals surface area (Å²) in [4.78, 5) is 25.8. The molecular formula is C18H20N2O6. The van der Waals surface area contributed by atoms with E-state index in [-0.39, 0.29) is 18.7 Å². The van der Waals surface area contributed by atoms with Gasteiger partial charge in [0.25, 0.3) is 0 Å². The zero-order valence-electron chi connectivity index (χ0n) is 14.6. The van der Waals surface area contributed by atoms with Gasteiger partial charge >= 0.3 is 5.97 Å². The Bertz CT molecular complexity index is 802. The van der Waals surface area contributed by atoms with Crippen LogP contribution in [0.1, 0.15) is 29.3 Å². The second kappa shape index (κ2) is 7.47. The summed E-state index contributed by atoms with van der Waals surface area (Å²) in [5.74, 6) is -0.0717. The number of rotatable bonds is 6. The highest BCUT2D eigenvalue weighted by Gasteiger charge is 2.33. The van der Waals surface area contributed by atoms with Crippen LogP contribution >= 0.6 is 0 Å². The zero-order chi connectivity index (χ0) is 18.7. The van der Waals surface area contributed by atoms with Crippen molar-refractivity contribution in [3.8, 4) is 11.5 Å². The van der Waals surface area contributed by atoms with Gasteiger partial charge in [-0.3, -0.25) is 9.59 Å². The third-order valence-corrected chi connectivity index (χ3v) is 4.51. The summed E-state index contributed by atoms with van der Waals surface area (Å²) in [6.45, 7) is 0.428. The summed E-state index contributed by atoms with van der Waals surface area (Å²) in [7, 11) is 3.07. The molecule has 0 saturated heterocycles. The molecule has 0 spiro atoms. The summed E-state index contributed by atoms with van der Waals surface area (Å²) < 4.78 is 15.4. The largest absolute Gasteiger partial charge is 0.493 e. The average molecular weight is 360 g/mol. The van der Waals surface area contributed by atoms with Crippen molar-refractivity contribution in [2.75, 3.05) is 20.8 Å². The molecule has 138 valence electrons. The van der Waals surface area contributed by atoms with Crippen molar-refractivity contribution in [1.82, 2.24) is 10.1 Å². The lowest BCUT2D eigenvalue weighted by atomic mass is 9.89. The van der Waals surface area contributed by atoms with Gasteiger partial charge in [0, 0.05) is 12.6 Å². The summed E-state index contributed by atoms with van der Waals surface area (Å²) >= 11 is 0. The third-order valence-electron chi connectivity index (χ3n) is 4.51. The predicted molar refractivity (Wildman–Crippen MR) is 90.2 cm³/mol. The zero-order valence-corrected chi connectivity index (χ0v) is 14.6. The molecule has 8 heteroatoms. The van der Waals surface area contributed by atoms with E-state index >= 15 is 0 Å². The summed E-state index contributed by atoms with van der Waals surface area (Å²) in [6, 6.07) is 4.66. The van der Waals surface area contributed by atoms with Crippen molar-refractivity contribution >= 4 is 11.9 Å². The lowest BCUT2D eigenvalue weighted by Gasteiger charge is -2.37. The number of carboxylic acid groups (broad SMARTS) is 1. The Kier molecular flexibility index (Phi) is 5.11. The molecule has 0 bridgehead atoms. The number of carbonyl (C=O) groups excluding carboxylic acids is 1. The van der Waals surface area contributed by atoms with Gasteiger partial charge in [-0.2, -0.15) is 0 Å². The molecule has 2 aromatic rings. The first-order valence-corrected chi connectivity index (χ1v) is 8.18. The number of amides is 1. The molecule has 1 unspecified atom stereocenters. The standard InChI is InChI=1S/C18H20N2O6/c1-24-15-7-11-3-5-20(17(21)8-12-4-6-26-19-12)14(10-18(22)23)13(11)9-16(15)25-2/h4,6-7,9,14H,3,5,8,10H2,1-2H3,(H,22,23). The molecular weight excluding hydrogens is 340 g/mol. The predicted octanol–water partition coefficient (Wildman–Crippen LogP) is 1.83. The van der Waals surface area contributed by atoms with E-state index in [2.05, 4.69) is 5.16 Å².